The summed E-state index contributed by atoms with van der Waals surface area (Å²) in [5.41, 5.74) is -1.15. The molecule has 1 aliphatic heterocycles. The Labute approximate surface area is 180 Å². The maximum atomic E-state index is 12.9. The van der Waals surface area contributed by atoms with Gasteiger partial charge in [-0.3, -0.25) is 14.9 Å². The lowest BCUT2D eigenvalue weighted by Crippen LogP contribution is -2.38. The molecule has 1 saturated heterocycles. The summed E-state index contributed by atoms with van der Waals surface area (Å²) < 4.78 is 43.9. The first-order chi connectivity index (χ1) is 14.6. The lowest BCUT2D eigenvalue weighted by atomic mass is 9.95. The number of carbonyl (C=O) groups is 1. The second-order valence-corrected chi connectivity index (χ2v) is 7.49. The molecule has 7 nitrogen and oxygen atoms in total. The Kier molecular flexibility index (Phi) is 6.59. The Morgan fingerprint density at radius 3 is 2.48 bits per heavy atom. The van der Waals surface area contributed by atoms with Crippen LogP contribution < -0.4 is 15.0 Å². The Morgan fingerprint density at radius 1 is 1.23 bits per heavy atom. The van der Waals surface area contributed by atoms with Gasteiger partial charge in [0.05, 0.1) is 23.3 Å². The number of halogens is 4. The SMILES string of the molecule is COc1ccc(Cl)cc1NC(=O)C1CCN(c2ccc(C(F)(F)F)cc2[N+](=O)[O-])CC1. The number of piperidine rings is 1. The van der Waals surface area contributed by atoms with Crippen LogP contribution in [0.2, 0.25) is 5.02 Å². The van der Waals surface area contributed by atoms with Crippen LogP contribution in [0.5, 0.6) is 5.75 Å². The van der Waals surface area contributed by atoms with E-state index in [4.69, 9.17) is 16.3 Å². The number of nitro groups is 1. The van der Waals surface area contributed by atoms with Gasteiger partial charge in [-0.15, -0.1) is 0 Å². The molecule has 0 aromatic heterocycles. The summed E-state index contributed by atoms with van der Waals surface area (Å²) in [6.45, 7) is 0.577. The number of methoxy groups -OCH3 is 1. The monoisotopic (exact) mass is 457 g/mol. The van der Waals surface area contributed by atoms with Gasteiger partial charge >= 0.3 is 6.18 Å². The molecule has 2 aromatic carbocycles. The molecule has 0 bridgehead atoms. The van der Waals surface area contributed by atoms with E-state index in [1.165, 1.54) is 7.11 Å². The molecule has 0 aliphatic carbocycles. The zero-order valence-electron chi connectivity index (χ0n) is 16.4. The number of rotatable bonds is 5. The van der Waals surface area contributed by atoms with E-state index in [0.29, 0.717) is 35.4 Å². The van der Waals surface area contributed by atoms with Crippen LogP contribution in [0.4, 0.5) is 30.2 Å². The van der Waals surface area contributed by atoms with Gasteiger partial charge in [-0.1, -0.05) is 11.6 Å². The van der Waals surface area contributed by atoms with Crippen LogP contribution in [-0.4, -0.2) is 31.0 Å². The molecule has 1 heterocycles. The fourth-order valence-electron chi connectivity index (χ4n) is 3.51. The van der Waals surface area contributed by atoms with Crippen molar-refractivity contribution < 1.29 is 27.6 Å². The zero-order chi connectivity index (χ0) is 22.8. The van der Waals surface area contributed by atoms with Crippen LogP contribution in [0.3, 0.4) is 0 Å². The Hall–Kier alpha value is -3.01. The topological polar surface area (TPSA) is 84.7 Å². The molecule has 2 aromatic rings. The van der Waals surface area contributed by atoms with E-state index in [-0.39, 0.29) is 30.6 Å². The number of nitro benzene ring substituents is 1. The summed E-state index contributed by atoms with van der Waals surface area (Å²) >= 11 is 5.97. The Bertz CT molecular complexity index is 992. The minimum atomic E-state index is -4.67. The molecule has 0 spiro atoms. The van der Waals surface area contributed by atoms with Crippen molar-refractivity contribution >= 4 is 34.6 Å². The zero-order valence-corrected chi connectivity index (χ0v) is 17.2. The predicted octanol–water partition coefficient (Wildman–Crippen LogP) is 5.13. The second kappa shape index (κ2) is 9.01. The first kappa shape index (κ1) is 22.7. The number of amides is 1. The van der Waals surface area contributed by atoms with Crippen molar-refractivity contribution in [3.63, 3.8) is 0 Å². The van der Waals surface area contributed by atoms with Gasteiger partial charge in [-0.05, 0) is 43.2 Å². The predicted molar refractivity (Wildman–Crippen MR) is 110 cm³/mol. The van der Waals surface area contributed by atoms with Gasteiger partial charge < -0.3 is 15.0 Å². The number of nitrogens with zero attached hydrogens (tertiary/aromatic N) is 2. The third-order valence-corrected chi connectivity index (χ3v) is 5.36. The van der Waals surface area contributed by atoms with Gasteiger partial charge in [0.25, 0.3) is 5.69 Å². The first-order valence-corrected chi connectivity index (χ1v) is 9.73. The van der Waals surface area contributed by atoms with Crippen LogP contribution in [0, 0.1) is 16.0 Å². The quantitative estimate of drug-likeness (QED) is 0.497. The van der Waals surface area contributed by atoms with Crippen LogP contribution in [0.15, 0.2) is 36.4 Å². The van der Waals surface area contributed by atoms with Gasteiger partial charge in [-0.25, -0.2) is 0 Å². The third kappa shape index (κ3) is 5.19. The van der Waals surface area contributed by atoms with Crippen molar-refractivity contribution in [2.24, 2.45) is 5.92 Å². The summed E-state index contributed by atoms with van der Waals surface area (Å²) in [4.78, 5) is 24.8. The van der Waals surface area contributed by atoms with E-state index >= 15 is 0 Å². The molecule has 0 unspecified atom stereocenters. The molecule has 166 valence electrons. The van der Waals surface area contributed by atoms with E-state index in [1.807, 2.05) is 0 Å². The van der Waals surface area contributed by atoms with E-state index < -0.39 is 22.4 Å². The Balaban J connectivity index is 1.70. The van der Waals surface area contributed by atoms with Crippen LogP contribution in [0.1, 0.15) is 18.4 Å². The van der Waals surface area contributed by atoms with Gasteiger partial charge in [0.2, 0.25) is 5.91 Å². The molecule has 1 amide bonds. The summed E-state index contributed by atoms with van der Waals surface area (Å²) in [6, 6.07) is 7.30. The summed E-state index contributed by atoms with van der Waals surface area (Å²) in [5.74, 6) is -0.161. The maximum absolute atomic E-state index is 12.9. The van der Waals surface area contributed by atoms with E-state index in [2.05, 4.69) is 5.32 Å². The molecular formula is C20H19ClF3N3O4. The second-order valence-electron chi connectivity index (χ2n) is 7.05. The first-order valence-electron chi connectivity index (χ1n) is 9.35. The summed E-state index contributed by atoms with van der Waals surface area (Å²) in [7, 11) is 1.47. The fraction of sp³-hybridized carbons (Fsp3) is 0.350. The van der Waals surface area contributed by atoms with E-state index in [9.17, 15) is 28.1 Å². The largest absolute Gasteiger partial charge is 0.495 e. The maximum Gasteiger partial charge on any atom is 0.416 e. The average Bonchev–Trinajstić information content (AvgIpc) is 2.73. The standard InChI is InChI=1S/C20H19ClF3N3O4/c1-31-18-5-3-14(21)11-15(18)25-19(28)12-6-8-26(9-7-12)16-4-2-13(20(22,23)24)10-17(16)27(29)30/h2-5,10-12H,6-9H2,1H3,(H,25,28). The number of hydrogen-bond acceptors (Lipinski definition) is 5. The summed E-state index contributed by atoms with van der Waals surface area (Å²) in [6.07, 6.45) is -3.91. The summed E-state index contributed by atoms with van der Waals surface area (Å²) in [5, 5.41) is 14.5. The molecular weight excluding hydrogens is 439 g/mol. The van der Waals surface area contributed by atoms with Crippen molar-refractivity contribution in [2.75, 3.05) is 30.4 Å². The van der Waals surface area contributed by atoms with E-state index in [0.717, 1.165) is 12.1 Å². The third-order valence-electron chi connectivity index (χ3n) is 5.13. The van der Waals surface area contributed by atoms with Crippen molar-refractivity contribution in [3.05, 3.63) is 57.1 Å². The van der Waals surface area contributed by atoms with Gasteiger partial charge in [-0.2, -0.15) is 13.2 Å². The lowest BCUT2D eigenvalue weighted by molar-refractivity contribution is -0.384. The number of alkyl halides is 3. The molecule has 1 fully saturated rings. The van der Waals surface area contributed by atoms with Crippen molar-refractivity contribution in [1.82, 2.24) is 0 Å². The molecule has 0 radical (unpaired) electrons. The van der Waals surface area contributed by atoms with Gasteiger partial charge in [0.1, 0.15) is 11.4 Å². The Morgan fingerprint density at radius 2 is 1.90 bits per heavy atom. The number of carbonyl (C=O) groups excluding carboxylic acids is 1. The minimum Gasteiger partial charge on any atom is -0.495 e. The number of nitrogens with one attached hydrogen (secondary N) is 1. The number of hydrogen-bond donors (Lipinski definition) is 1. The molecule has 3 rings (SSSR count). The molecule has 11 heteroatoms. The molecule has 0 saturated carbocycles. The fourth-order valence-corrected chi connectivity index (χ4v) is 3.68. The number of ether oxygens (including phenoxy) is 1. The molecule has 1 N–H and O–H groups in total. The van der Waals surface area contributed by atoms with E-state index in [1.54, 1.807) is 23.1 Å². The minimum absolute atomic E-state index is 0.105. The van der Waals surface area contributed by atoms with Gasteiger partial charge in [0, 0.05) is 30.1 Å². The van der Waals surface area contributed by atoms with Crippen molar-refractivity contribution in [2.45, 2.75) is 19.0 Å². The molecule has 31 heavy (non-hydrogen) atoms. The highest BCUT2D eigenvalue weighted by molar-refractivity contribution is 6.31. The van der Waals surface area contributed by atoms with Crippen LogP contribution in [0.25, 0.3) is 0 Å². The normalized spacial score (nSPS) is 14.9. The highest BCUT2D eigenvalue weighted by atomic mass is 35.5. The van der Waals surface area contributed by atoms with Crippen LogP contribution in [-0.2, 0) is 11.0 Å². The smallest absolute Gasteiger partial charge is 0.416 e. The number of benzene rings is 2. The highest BCUT2D eigenvalue weighted by Gasteiger charge is 2.35. The molecule has 0 atom stereocenters. The average molecular weight is 458 g/mol. The van der Waals surface area contributed by atoms with Gasteiger partial charge in [0.15, 0.2) is 0 Å². The molecule has 1 aliphatic rings. The van der Waals surface area contributed by atoms with Crippen molar-refractivity contribution in [3.8, 4) is 5.75 Å². The van der Waals surface area contributed by atoms with Crippen LogP contribution >= 0.6 is 11.6 Å². The lowest BCUT2D eigenvalue weighted by Gasteiger charge is -2.32. The highest BCUT2D eigenvalue weighted by Crippen LogP contribution is 2.38. The number of anilines is 2. The van der Waals surface area contributed by atoms with Crippen molar-refractivity contribution in [1.29, 1.82) is 0 Å².